The number of nitrogens with zero attached hydrogens (tertiary/aromatic N) is 3. The molecule has 1 aliphatic rings. The van der Waals surface area contributed by atoms with Crippen molar-refractivity contribution in [3.8, 4) is 0 Å². The molecule has 1 atom stereocenters. The van der Waals surface area contributed by atoms with Gasteiger partial charge >= 0.3 is 0 Å². The highest BCUT2D eigenvalue weighted by Crippen LogP contribution is 2.34. The number of carbonyl (C=O) groups is 1. The van der Waals surface area contributed by atoms with Crippen LogP contribution in [0.2, 0.25) is 0 Å². The van der Waals surface area contributed by atoms with Crippen LogP contribution in [0.3, 0.4) is 0 Å². The van der Waals surface area contributed by atoms with Gasteiger partial charge in [-0.1, -0.05) is 13.8 Å². The molecule has 1 amide bonds. The van der Waals surface area contributed by atoms with E-state index in [9.17, 15) is 4.79 Å². The van der Waals surface area contributed by atoms with Crippen LogP contribution in [-0.2, 0) is 4.79 Å². The van der Waals surface area contributed by atoms with E-state index in [-0.39, 0.29) is 23.2 Å². The molecule has 0 radical (unpaired) electrons. The van der Waals surface area contributed by atoms with E-state index in [4.69, 9.17) is 0 Å². The van der Waals surface area contributed by atoms with Crippen molar-refractivity contribution in [2.24, 2.45) is 11.3 Å². The van der Waals surface area contributed by atoms with E-state index >= 15 is 0 Å². The summed E-state index contributed by atoms with van der Waals surface area (Å²) in [6.45, 7) is 5.71. The first-order valence-corrected chi connectivity index (χ1v) is 5.81. The fourth-order valence-corrected chi connectivity index (χ4v) is 2.19. The zero-order valence-electron chi connectivity index (χ0n) is 10.1. The smallest absolute Gasteiger partial charge is 0.249 e. The summed E-state index contributed by atoms with van der Waals surface area (Å²) in [6.07, 6.45) is 3.83. The van der Waals surface area contributed by atoms with Gasteiger partial charge in [-0.25, -0.2) is 4.98 Å². The molecular formula is C11H17N5O. The van der Waals surface area contributed by atoms with Crippen LogP contribution in [0.5, 0.6) is 0 Å². The van der Waals surface area contributed by atoms with Crippen molar-refractivity contribution in [3.05, 3.63) is 12.4 Å². The lowest BCUT2D eigenvalue weighted by molar-refractivity contribution is -0.126. The van der Waals surface area contributed by atoms with Crippen molar-refractivity contribution >= 4 is 11.9 Å². The molecule has 1 aromatic heterocycles. The second kappa shape index (κ2) is 4.75. The summed E-state index contributed by atoms with van der Waals surface area (Å²) >= 11 is 0. The molecule has 1 unspecified atom stereocenters. The normalized spacial score (nSPS) is 23.9. The first-order chi connectivity index (χ1) is 8.15. The van der Waals surface area contributed by atoms with Crippen molar-refractivity contribution < 1.29 is 4.79 Å². The van der Waals surface area contributed by atoms with Crippen LogP contribution < -0.4 is 10.6 Å². The summed E-state index contributed by atoms with van der Waals surface area (Å²) in [7, 11) is 0. The first kappa shape index (κ1) is 11.9. The third-order valence-corrected chi connectivity index (χ3v) is 3.45. The lowest BCUT2D eigenvalue weighted by Crippen LogP contribution is -2.42. The van der Waals surface area contributed by atoms with Crippen molar-refractivity contribution in [1.29, 1.82) is 0 Å². The number of amides is 1. The molecule has 17 heavy (non-hydrogen) atoms. The summed E-state index contributed by atoms with van der Waals surface area (Å²) < 4.78 is 0. The van der Waals surface area contributed by atoms with Gasteiger partial charge in [0.25, 0.3) is 0 Å². The van der Waals surface area contributed by atoms with Gasteiger partial charge in [-0.15, -0.1) is 5.10 Å². The van der Waals surface area contributed by atoms with Crippen molar-refractivity contribution in [3.63, 3.8) is 0 Å². The predicted molar refractivity (Wildman–Crippen MR) is 63.2 cm³/mol. The Labute approximate surface area is 100 Å². The lowest BCUT2D eigenvalue weighted by Gasteiger charge is -2.30. The van der Waals surface area contributed by atoms with E-state index in [0.29, 0.717) is 6.54 Å². The minimum Gasteiger partial charge on any atom is -0.316 e. The SMILES string of the molecule is CC(C)C1(C(=O)Nc2nccnn2)CCNC1. The molecule has 1 saturated heterocycles. The topological polar surface area (TPSA) is 79.8 Å². The highest BCUT2D eigenvalue weighted by atomic mass is 16.2. The van der Waals surface area contributed by atoms with E-state index < -0.39 is 0 Å². The molecule has 0 spiro atoms. The largest absolute Gasteiger partial charge is 0.316 e. The van der Waals surface area contributed by atoms with Crippen LogP contribution >= 0.6 is 0 Å². The Morgan fingerprint density at radius 3 is 2.88 bits per heavy atom. The highest BCUT2D eigenvalue weighted by Gasteiger charge is 2.44. The van der Waals surface area contributed by atoms with Crippen molar-refractivity contribution in [1.82, 2.24) is 20.5 Å². The molecular weight excluding hydrogens is 218 g/mol. The standard InChI is InChI=1S/C11H17N5O/c1-8(2)11(3-4-12-7-11)9(17)15-10-13-5-6-14-16-10/h5-6,8,12H,3-4,7H2,1-2H3,(H,13,15,16,17). The third kappa shape index (κ3) is 2.26. The average molecular weight is 235 g/mol. The van der Waals surface area contributed by atoms with Crippen LogP contribution in [-0.4, -0.2) is 34.2 Å². The van der Waals surface area contributed by atoms with Gasteiger partial charge in [0.1, 0.15) is 0 Å². The summed E-state index contributed by atoms with van der Waals surface area (Å²) in [4.78, 5) is 16.3. The number of nitrogens with one attached hydrogen (secondary N) is 2. The highest BCUT2D eigenvalue weighted by molar-refractivity contribution is 5.94. The van der Waals surface area contributed by atoms with Gasteiger partial charge in [0.15, 0.2) is 0 Å². The molecule has 1 fully saturated rings. The van der Waals surface area contributed by atoms with Gasteiger partial charge in [0, 0.05) is 6.54 Å². The summed E-state index contributed by atoms with van der Waals surface area (Å²) in [5.41, 5.74) is -0.362. The maximum Gasteiger partial charge on any atom is 0.249 e. The molecule has 2 rings (SSSR count). The second-order valence-corrected chi connectivity index (χ2v) is 4.66. The average Bonchev–Trinajstić information content (AvgIpc) is 2.80. The molecule has 92 valence electrons. The Hall–Kier alpha value is -1.56. The molecule has 2 heterocycles. The summed E-state index contributed by atoms with van der Waals surface area (Å²) in [5, 5.41) is 13.4. The number of carbonyl (C=O) groups excluding carboxylic acids is 1. The number of aromatic nitrogens is 3. The maximum atomic E-state index is 12.3. The van der Waals surface area contributed by atoms with Crippen molar-refractivity contribution in [2.45, 2.75) is 20.3 Å². The molecule has 0 aliphatic carbocycles. The lowest BCUT2D eigenvalue weighted by atomic mass is 9.75. The fraction of sp³-hybridized carbons (Fsp3) is 0.636. The van der Waals surface area contributed by atoms with Crippen LogP contribution in [0.4, 0.5) is 5.95 Å². The Bertz CT molecular complexity index is 386. The van der Waals surface area contributed by atoms with Crippen LogP contribution in [0, 0.1) is 11.3 Å². The molecule has 1 aliphatic heterocycles. The zero-order valence-corrected chi connectivity index (χ0v) is 10.1. The molecule has 0 aromatic carbocycles. The van der Waals surface area contributed by atoms with Crippen LogP contribution in [0.1, 0.15) is 20.3 Å². The van der Waals surface area contributed by atoms with Crippen molar-refractivity contribution in [2.75, 3.05) is 18.4 Å². The van der Waals surface area contributed by atoms with Crippen LogP contribution in [0.15, 0.2) is 12.4 Å². The summed E-state index contributed by atoms with van der Waals surface area (Å²) in [6, 6.07) is 0. The van der Waals surface area contributed by atoms with E-state index in [1.54, 1.807) is 0 Å². The maximum absolute atomic E-state index is 12.3. The number of anilines is 1. The van der Waals surface area contributed by atoms with Gasteiger partial charge in [-0.2, -0.15) is 5.10 Å². The second-order valence-electron chi connectivity index (χ2n) is 4.66. The van der Waals surface area contributed by atoms with E-state index in [0.717, 1.165) is 13.0 Å². The van der Waals surface area contributed by atoms with Gasteiger partial charge in [-0.3, -0.25) is 10.1 Å². The quantitative estimate of drug-likeness (QED) is 0.795. The Balaban J connectivity index is 2.13. The first-order valence-electron chi connectivity index (χ1n) is 5.81. The third-order valence-electron chi connectivity index (χ3n) is 3.45. The van der Waals surface area contributed by atoms with E-state index in [1.165, 1.54) is 12.4 Å². The molecule has 2 N–H and O–H groups in total. The number of hydrogen-bond acceptors (Lipinski definition) is 5. The number of rotatable bonds is 3. The Morgan fingerprint density at radius 1 is 1.53 bits per heavy atom. The zero-order chi connectivity index (χ0) is 12.3. The molecule has 0 saturated carbocycles. The minimum atomic E-state index is -0.362. The van der Waals surface area contributed by atoms with Gasteiger partial charge < -0.3 is 5.32 Å². The van der Waals surface area contributed by atoms with Gasteiger partial charge in [0.05, 0.1) is 17.8 Å². The van der Waals surface area contributed by atoms with E-state index in [2.05, 4.69) is 39.7 Å². The van der Waals surface area contributed by atoms with Gasteiger partial charge in [0.2, 0.25) is 11.9 Å². The molecule has 0 bridgehead atoms. The molecule has 1 aromatic rings. The Morgan fingerprint density at radius 2 is 2.35 bits per heavy atom. The van der Waals surface area contributed by atoms with Crippen LogP contribution in [0.25, 0.3) is 0 Å². The summed E-state index contributed by atoms with van der Waals surface area (Å²) in [5.74, 6) is 0.518. The number of hydrogen-bond donors (Lipinski definition) is 2. The minimum absolute atomic E-state index is 0.0227. The molecule has 6 nitrogen and oxygen atoms in total. The van der Waals surface area contributed by atoms with Gasteiger partial charge in [-0.05, 0) is 18.9 Å². The fourth-order valence-electron chi connectivity index (χ4n) is 2.19. The predicted octanol–water partition coefficient (Wildman–Crippen LogP) is 0.446. The van der Waals surface area contributed by atoms with E-state index in [1.807, 2.05) is 0 Å². The Kier molecular flexibility index (Phi) is 3.33. The molecule has 6 heteroatoms. The monoisotopic (exact) mass is 235 g/mol.